The maximum Gasteiger partial charge on any atom is 0.243 e. The average Bonchev–Trinajstić information content (AvgIpc) is 2.38. The standard InChI is InChI=1S/C14H13ClFNO2S/c1-17(10-11-4-2-6-13(16)8-11)20(18,19)14-7-3-5-12(15)9-14/h2-9H,10H2,1H3. The highest BCUT2D eigenvalue weighted by Gasteiger charge is 2.21. The predicted octanol–water partition coefficient (Wildman–Crippen LogP) is 3.30. The summed E-state index contributed by atoms with van der Waals surface area (Å²) in [6.07, 6.45) is 0. The number of sulfonamides is 1. The molecule has 2 aromatic rings. The quantitative estimate of drug-likeness (QED) is 0.868. The predicted molar refractivity (Wildman–Crippen MR) is 76.5 cm³/mol. The van der Waals surface area contributed by atoms with Crippen LogP contribution in [0, 0.1) is 5.82 Å². The van der Waals surface area contributed by atoms with Crippen LogP contribution in [-0.4, -0.2) is 19.8 Å². The Bertz CT molecular complexity index is 719. The summed E-state index contributed by atoms with van der Waals surface area (Å²) in [5, 5.41) is 0.352. The molecule has 2 rings (SSSR count). The molecule has 0 radical (unpaired) electrons. The first-order valence-electron chi connectivity index (χ1n) is 5.86. The van der Waals surface area contributed by atoms with Crippen molar-refractivity contribution in [1.82, 2.24) is 4.31 Å². The van der Waals surface area contributed by atoms with Crippen LogP contribution in [0.1, 0.15) is 5.56 Å². The van der Waals surface area contributed by atoms with E-state index in [1.165, 1.54) is 31.3 Å². The highest BCUT2D eigenvalue weighted by atomic mass is 35.5. The molecule has 0 saturated carbocycles. The van der Waals surface area contributed by atoms with Crippen LogP contribution in [-0.2, 0) is 16.6 Å². The molecular formula is C14H13ClFNO2S. The molecule has 20 heavy (non-hydrogen) atoms. The van der Waals surface area contributed by atoms with Crippen LogP contribution in [0.25, 0.3) is 0 Å². The fraction of sp³-hybridized carbons (Fsp3) is 0.143. The fourth-order valence-electron chi connectivity index (χ4n) is 1.78. The van der Waals surface area contributed by atoms with Crippen molar-refractivity contribution in [2.75, 3.05) is 7.05 Å². The molecule has 0 aliphatic heterocycles. The maximum atomic E-state index is 13.1. The number of halogens is 2. The van der Waals surface area contributed by atoms with Gasteiger partial charge in [0.25, 0.3) is 0 Å². The van der Waals surface area contributed by atoms with Crippen LogP contribution >= 0.6 is 11.6 Å². The molecule has 0 heterocycles. The van der Waals surface area contributed by atoms with E-state index in [-0.39, 0.29) is 11.4 Å². The van der Waals surface area contributed by atoms with E-state index in [1.807, 2.05) is 0 Å². The Kier molecular flexibility index (Phi) is 4.42. The Morgan fingerprint density at radius 3 is 2.50 bits per heavy atom. The first-order valence-corrected chi connectivity index (χ1v) is 7.68. The van der Waals surface area contributed by atoms with Crippen LogP contribution in [0.15, 0.2) is 53.4 Å². The first kappa shape index (κ1) is 15.0. The van der Waals surface area contributed by atoms with Gasteiger partial charge in [-0.2, -0.15) is 4.31 Å². The van der Waals surface area contributed by atoms with Crippen molar-refractivity contribution < 1.29 is 12.8 Å². The van der Waals surface area contributed by atoms with Crippen molar-refractivity contribution in [3.63, 3.8) is 0 Å². The Morgan fingerprint density at radius 2 is 1.85 bits per heavy atom. The number of benzene rings is 2. The van der Waals surface area contributed by atoms with E-state index in [2.05, 4.69) is 0 Å². The molecule has 0 atom stereocenters. The summed E-state index contributed by atoms with van der Waals surface area (Å²) in [7, 11) is -2.20. The van der Waals surface area contributed by atoms with Gasteiger partial charge in [-0.15, -0.1) is 0 Å². The van der Waals surface area contributed by atoms with Crippen molar-refractivity contribution in [3.05, 3.63) is 64.9 Å². The molecule has 0 N–H and O–H groups in total. The van der Waals surface area contributed by atoms with Gasteiger partial charge in [-0.05, 0) is 35.9 Å². The summed E-state index contributed by atoms with van der Waals surface area (Å²) in [6, 6.07) is 11.9. The lowest BCUT2D eigenvalue weighted by atomic mass is 10.2. The van der Waals surface area contributed by atoms with Gasteiger partial charge in [0, 0.05) is 18.6 Å². The molecule has 0 saturated heterocycles. The SMILES string of the molecule is CN(Cc1cccc(F)c1)S(=O)(=O)c1cccc(Cl)c1. The van der Waals surface area contributed by atoms with Crippen molar-refractivity contribution in [3.8, 4) is 0 Å². The van der Waals surface area contributed by atoms with E-state index < -0.39 is 15.8 Å². The van der Waals surface area contributed by atoms with Gasteiger partial charge in [0.1, 0.15) is 5.82 Å². The second kappa shape index (κ2) is 5.91. The molecule has 0 bridgehead atoms. The number of rotatable bonds is 4. The molecule has 106 valence electrons. The molecule has 0 aliphatic carbocycles. The van der Waals surface area contributed by atoms with E-state index in [0.717, 1.165) is 4.31 Å². The van der Waals surface area contributed by atoms with Gasteiger partial charge in [0.2, 0.25) is 10.0 Å². The van der Waals surface area contributed by atoms with Gasteiger partial charge in [0.05, 0.1) is 4.90 Å². The summed E-state index contributed by atoms with van der Waals surface area (Å²) in [6.45, 7) is 0.0899. The Morgan fingerprint density at radius 1 is 1.15 bits per heavy atom. The van der Waals surface area contributed by atoms with E-state index in [0.29, 0.717) is 10.6 Å². The topological polar surface area (TPSA) is 37.4 Å². The zero-order valence-electron chi connectivity index (χ0n) is 10.8. The molecule has 6 heteroatoms. The maximum absolute atomic E-state index is 13.1. The monoisotopic (exact) mass is 313 g/mol. The Hall–Kier alpha value is -1.43. The zero-order valence-corrected chi connectivity index (χ0v) is 12.3. The van der Waals surface area contributed by atoms with Gasteiger partial charge < -0.3 is 0 Å². The summed E-state index contributed by atoms with van der Waals surface area (Å²) >= 11 is 5.80. The van der Waals surface area contributed by atoms with Crippen LogP contribution in [0.2, 0.25) is 5.02 Å². The van der Waals surface area contributed by atoms with Gasteiger partial charge in [-0.3, -0.25) is 0 Å². The molecular weight excluding hydrogens is 301 g/mol. The summed E-state index contributed by atoms with van der Waals surface area (Å²) in [4.78, 5) is 0.115. The molecule has 0 aromatic heterocycles. The Balaban J connectivity index is 2.26. The molecule has 0 aliphatic rings. The van der Waals surface area contributed by atoms with Crippen LogP contribution in [0.5, 0.6) is 0 Å². The zero-order chi connectivity index (χ0) is 14.8. The average molecular weight is 314 g/mol. The smallest absolute Gasteiger partial charge is 0.207 e. The van der Waals surface area contributed by atoms with E-state index in [4.69, 9.17) is 11.6 Å². The minimum atomic E-state index is -3.65. The summed E-state index contributed by atoms with van der Waals surface area (Å²) in [5.74, 6) is -0.393. The molecule has 3 nitrogen and oxygen atoms in total. The number of hydrogen-bond acceptors (Lipinski definition) is 2. The van der Waals surface area contributed by atoms with Gasteiger partial charge >= 0.3 is 0 Å². The lowest BCUT2D eigenvalue weighted by Crippen LogP contribution is -2.26. The highest BCUT2D eigenvalue weighted by molar-refractivity contribution is 7.89. The summed E-state index contributed by atoms with van der Waals surface area (Å²) < 4.78 is 39.0. The lowest BCUT2D eigenvalue weighted by Gasteiger charge is -2.17. The third-order valence-corrected chi connectivity index (χ3v) is 4.83. The van der Waals surface area contributed by atoms with E-state index in [9.17, 15) is 12.8 Å². The Labute approximate surface area is 122 Å². The molecule has 0 unspecified atom stereocenters. The van der Waals surface area contributed by atoms with Gasteiger partial charge in [-0.1, -0.05) is 29.8 Å². The van der Waals surface area contributed by atoms with E-state index in [1.54, 1.807) is 24.3 Å². The molecule has 0 fully saturated rings. The molecule has 0 amide bonds. The van der Waals surface area contributed by atoms with Gasteiger partial charge in [-0.25, -0.2) is 12.8 Å². The number of hydrogen-bond donors (Lipinski definition) is 0. The summed E-state index contributed by atoms with van der Waals surface area (Å²) in [5.41, 5.74) is 0.582. The highest BCUT2D eigenvalue weighted by Crippen LogP contribution is 2.20. The van der Waals surface area contributed by atoms with Crippen LogP contribution in [0.4, 0.5) is 4.39 Å². The first-order chi connectivity index (χ1) is 9.39. The fourth-order valence-corrected chi connectivity index (χ4v) is 3.25. The lowest BCUT2D eigenvalue weighted by molar-refractivity contribution is 0.465. The van der Waals surface area contributed by atoms with Crippen LogP contribution in [0.3, 0.4) is 0 Å². The van der Waals surface area contributed by atoms with E-state index >= 15 is 0 Å². The van der Waals surface area contributed by atoms with Crippen molar-refractivity contribution in [2.45, 2.75) is 11.4 Å². The van der Waals surface area contributed by atoms with Crippen LogP contribution < -0.4 is 0 Å². The van der Waals surface area contributed by atoms with Crippen molar-refractivity contribution >= 4 is 21.6 Å². The van der Waals surface area contributed by atoms with Gasteiger partial charge in [0.15, 0.2) is 0 Å². The normalized spacial score (nSPS) is 11.8. The minimum Gasteiger partial charge on any atom is -0.207 e. The second-order valence-corrected chi connectivity index (χ2v) is 6.83. The molecule has 2 aromatic carbocycles. The minimum absolute atomic E-state index is 0.0899. The second-order valence-electron chi connectivity index (χ2n) is 4.35. The third kappa shape index (κ3) is 3.36. The largest absolute Gasteiger partial charge is 0.243 e. The van der Waals surface area contributed by atoms with Crippen molar-refractivity contribution in [2.24, 2.45) is 0 Å². The van der Waals surface area contributed by atoms with Crippen molar-refractivity contribution in [1.29, 1.82) is 0 Å². The number of nitrogens with zero attached hydrogens (tertiary/aromatic N) is 1. The third-order valence-electron chi connectivity index (χ3n) is 2.80. The molecule has 0 spiro atoms.